The third-order valence-electron chi connectivity index (χ3n) is 2.79. The lowest BCUT2D eigenvalue weighted by Crippen LogP contribution is -2.37. The van der Waals surface area contributed by atoms with Crippen molar-refractivity contribution in [3.05, 3.63) is 30.1 Å². The molecule has 0 spiro atoms. The first-order valence-corrected chi connectivity index (χ1v) is 4.93. The number of hydrogen-bond acceptors (Lipinski definition) is 2. The fraction of sp³-hybridized carbons (Fsp3) is 0.364. The Morgan fingerprint density at radius 3 is 2.80 bits per heavy atom. The predicted molar refractivity (Wildman–Crippen MR) is 55.9 cm³/mol. The van der Waals surface area contributed by atoms with Crippen LogP contribution in [0.3, 0.4) is 0 Å². The summed E-state index contributed by atoms with van der Waals surface area (Å²) in [4.78, 5) is 13.2. The highest BCUT2D eigenvalue weighted by atomic mass is 19.1. The lowest BCUT2D eigenvalue weighted by atomic mass is 10.1. The minimum absolute atomic E-state index is 0.0411. The molecule has 1 amide bonds. The van der Waals surface area contributed by atoms with E-state index in [0.29, 0.717) is 12.1 Å². The first kappa shape index (κ1) is 10.1. The second kappa shape index (κ2) is 3.62. The largest absolute Gasteiger partial charge is 0.325 e. The van der Waals surface area contributed by atoms with E-state index in [1.165, 1.54) is 12.1 Å². The van der Waals surface area contributed by atoms with E-state index in [1.807, 2.05) is 6.92 Å². The molecule has 3 nitrogen and oxygen atoms in total. The van der Waals surface area contributed by atoms with Crippen molar-refractivity contribution in [3.8, 4) is 0 Å². The topological polar surface area (TPSA) is 46.3 Å². The third-order valence-corrected chi connectivity index (χ3v) is 2.79. The number of rotatable bonds is 1. The van der Waals surface area contributed by atoms with E-state index in [1.54, 1.807) is 17.0 Å². The van der Waals surface area contributed by atoms with Crippen molar-refractivity contribution in [2.75, 3.05) is 4.90 Å². The highest BCUT2D eigenvalue weighted by Crippen LogP contribution is 2.26. The van der Waals surface area contributed by atoms with Crippen molar-refractivity contribution in [1.29, 1.82) is 0 Å². The van der Waals surface area contributed by atoms with Gasteiger partial charge in [0.15, 0.2) is 0 Å². The molecule has 0 radical (unpaired) electrons. The van der Waals surface area contributed by atoms with Gasteiger partial charge in [0.1, 0.15) is 5.82 Å². The quantitative estimate of drug-likeness (QED) is 0.755. The van der Waals surface area contributed by atoms with Gasteiger partial charge in [0, 0.05) is 24.2 Å². The Morgan fingerprint density at radius 1 is 1.53 bits per heavy atom. The van der Waals surface area contributed by atoms with E-state index in [-0.39, 0.29) is 23.8 Å². The first-order chi connectivity index (χ1) is 7.09. The van der Waals surface area contributed by atoms with Gasteiger partial charge in [-0.25, -0.2) is 4.39 Å². The van der Waals surface area contributed by atoms with Gasteiger partial charge in [-0.3, -0.25) is 4.79 Å². The van der Waals surface area contributed by atoms with Crippen molar-refractivity contribution in [2.45, 2.75) is 25.4 Å². The fourth-order valence-electron chi connectivity index (χ4n) is 1.89. The van der Waals surface area contributed by atoms with E-state index in [2.05, 4.69) is 0 Å². The van der Waals surface area contributed by atoms with Crippen LogP contribution in [0.1, 0.15) is 13.3 Å². The number of amides is 1. The summed E-state index contributed by atoms with van der Waals surface area (Å²) in [6.45, 7) is 1.88. The smallest absolute Gasteiger partial charge is 0.228 e. The molecule has 2 atom stereocenters. The molecule has 15 heavy (non-hydrogen) atoms. The summed E-state index contributed by atoms with van der Waals surface area (Å²) < 4.78 is 13.0. The van der Waals surface area contributed by atoms with Crippen molar-refractivity contribution < 1.29 is 9.18 Å². The molecule has 0 aliphatic carbocycles. The highest BCUT2D eigenvalue weighted by molar-refractivity contribution is 5.97. The van der Waals surface area contributed by atoms with Crippen LogP contribution in [-0.4, -0.2) is 18.0 Å². The fourth-order valence-corrected chi connectivity index (χ4v) is 1.89. The molecule has 1 aromatic rings. The summed E-state index contributed by atoms with van der Waals surface area (Å²) in [6, 6.07) is 5.78. The van der Waals surface area contributed by atoms with Gasteiger partial charge >= 0.3 is 0 Å². The first-order valence-electron chi connectivity index (χ1n) is 4.93. The second-order valence-corrected chi connectivity index (χ2v) is 3.85. The maximum atomic E-state index is 13.0. The Hall–Kier alpha value is -1.42. The zero-order chi connectivity index (χ0) is 11.0. The Bertz CT molecular complexity index is 394. The maximum Gasteiger partial charge on any atom is 0.228 e. The lowest BCUT2D eigenvalue weighted by Gasteiger charge is -2.23. The number of halogens is 1. The molecule has 1 heterocycles. The summed E-state index contributed by atoms with van der Waals surface area (Å²) >= 11 is 0. The minimum Gasteiger partial charge on any atom is -0.325 e. The van der Waals surface area contributed by atoms with Gasteiger partial charge in [-0.1, -0.05) is 6.07 Å². The highest BCUT2D eigenvalue weighted by Gasteiger charge is 2.35. The minimum atomic E-state index is -0.340. The molecule has 80 valence electrons. The number of nitrogens with two attached hydrogens (primary N) is 1. The molecule has 0 bridgehead atoms. The van der Waals surface area contributed by atoms with Crippen LogP contribution in [0.4, 0.5) is 10.1 Å². The summed E-state index contributed by atoms with van der Waals surface area (Å²) in [5.41, 5.74) is 6.36. The van der Waals surface area contributed by atoms with Gasteiger partial charge < -0.3 is 10.6 Å². The number of hydrogen-bond donors (Lipinski definition) is 1. The summed E-state index contributed by atoms with van der Waals surface area (Å²) in [6.07, 6.45) is 0.331. The average molecular weight is 208 g/mol. The SMILES string of the molecule is CC1C(N)CC(=O)N1c1cccc(F)c1. The van der Waals surface area contributed by atoms with Crippen LogP contribution in [-0.2, 0) is 4.79 Å². The molecular formula is C11H13FN2O. The molecule has 2 unspecified atom stereocenters. The van der Waals surface area contributed by atoms with Crippen LogP contribution in [0, 0.1) is 5.82 Å². The molecule has 2 N–H and O–H groups in total. The Balaban J connectivity index is 2.34. The molecule has 1 saturated heterocycles. The number of nitrogens with zero attached hydrogens (tertiary/aromatic N) is 1. The van der Waals surface area contributed by atoms with E-state index in [4.69, 9.17) is 5.73 Å². The van der Waals surface area contributed by atoms with E-state index < -0.39 is 0 Å². The van der Waals surface area contributed by atoms with Crippen LogP contribution in [0.2, 0.25) is 0 Å². The van der Waals surface area contributed by atoms with Gasteiger partial charge in [-0.05, 0) is 25.1 Å². The summed E-state index contributed by atoms with van der Waals surface area (Å²) in [5, 5.41) is 0. The van der Waals surface area contributed by atoms with E-state index in [9.17, 15) is 9.18 Å². The van der Waals surface area contributed by atoms with Gasteiger partial charge in [-0.2, -0.15) is 0 Å². The molecule has 0 saturated carbocycles. The van der Waals surface area contributed by atoms with Crippen LogP contribution >= 0.6 is 0 Å². The number of anilines is 1. The monoisotopic (exact) mass is 208 g/mol. The third kappa shape index (κ3) is 1.72. The van der Waals surface area contributed by atoms with Crippen molar-refractivity contribution in [1.82, 2.24) is 0 Å². The maximum absolute atomic E-state index is 13.0. The predicted octanol–water partition coefficient (Wildman–Crippen LogP) is 1.28. The van der Waals surface area contributed by atoms with Gasteiger partial charge in [0.25, 0.3) is 0 Å². The van der Waals surface area contributed by atoms with Crippen LogP contribution in [0.15, 0.2) is 24.3 Å². The Labute approximate surface area is 87.7 Å². The van der Waals surface area contributed by atoms with E-state index in [0.717, 1.165) is 0 Å². The van der Waals surface area contributed by atoms with Crippen molar-refractivity contribution in [2.24, 2.45) is 5.73 Å². The van der Waals surface area contributed by atoms with Crippen LogP contribution in [0.5, 0.6) is 0 Å². The Kier molecular flexibility index (Phi) is 2.44. The number of benzene rings is 1. The summed E-state index contributed by atoms with van der Waals surface area (Å²) in [7, 11) is 0. The average Bonchev–Trinajstić information content (AvgIpc) is 2.41. The number of carbonyl (C=O) groups is 1. The number of carbonyl (C=O) groups excluding carboxylic acids is 1. The second-order valence-electron chi connectivity index (χ2n) is 3.85. The van der Waals surface area contributed by atoms with Crippen LogP contribution in [0.25, 0.3) is 0 Å². The summed E-state index contributed by atoms with van der Waals surface area (Å²) in [5.74, 6) is -0.381. The van der Waals surface area contributed by atoms with E-state index >= 15 is 0 Å². The molecule has 1 aromatic carbocycles. The van der Waals surface area contributed by atoms with Crippen molar-refractivity contribution >= 4 is 11.6 Å². The molecule has 2 rings (SSSR count). The molecule has 1 aliphatic rings. The van der Waals surface area contributed by atoms with Gasteiger partial charge in [-0.15, -0.1) is 0 Å². The Morgan fingerprint density at radius 2 is 2.27 bits per heavy atom. The molecule has 1 fully saturated rings. The lowest BCUT2D eigenvalue weighted by molar-refractivity contribution is -0.117. The molecular weight excluding hydrogens is 195 g/mol. The zero-order valence-electron chi connectivity index (χ0n) is 8.48. The van der Waals surface area contributed by atoms with Gasteiger partial charge in [0.05, 0.1) is 0 Å². The van der Waals surface area contributed by atoms with Crippen molar-refractivity contribution in [3.63, 3.8) is 0 Å². The standard InChI is InChI=1S/C11H13FN2O/c1-7-10(13)6-11(15)14(7)9-4-2-3-8(12)5-9/h2-5,7,10H,6,13H2,1H3. The molecule has 0 aromatic heterocycles. The molecule has 1 aliphatic heterocycles. The zero-order valence-corrected chi connectivity index (χ0v) is 8.48. The van der Waals surface area contributed by atoms with Gasteiger partial charge in [0.2, 0.25) is 5.91 Å². The van der Waals surface area contributed by atoms with Crippen LogP contribution < -0.4 is 10.6 Å². The normalized spacial score (nSPS) is 26.1. The molecule has 4 heteroatoms.